The van der Waals surface area contributed by atoms with Gasteiger partial charge in [0.2, 0.25) is 0 Å². The van der Waals surface area contributed by atoms with Crippen LogP contribution >= 0.6 is 12.6 Å². The summed E-state index contributed by atoms with van der Waals surface area (Å²) >= 11 is 4.12. The lowest BCUT2D eigenvalue weighted by Gasteiger charge is -2.12. The van der Waals surface area contributed by atoms with Gasteiger partial charge >= 0.3 is 0 Å². The molecule has 0 saturated carbocycles. The second kappa shape index (κ2) is 4.97. The molecule has 0 atom stereocenters. The fraction of sp³-hybridized carbons (Fsp3) is 0.273. The summed E-state index contributed by atoms with van der Waals surface area (Å²) < 4.78 is 0. The fourth-order valence-electron chi connectivity index (χ4n) is 1.10. The van der Waals surface area contributed by atoms with Gasteiger partial charge in [-0.1, -0.05) is 24.3 Å². The number of anilines is 1. The molecule has 0 aliphatic heterocycles. The molecule has 2 heteroatoms. The Morgan fingerprint density at radius 1 is 1.38 bits per heavy atom. The smallest absolute Gasteiger partial charge is 0.0367 e. The van der Waals surface area contributed by atoms with Gasteiger partial charge in [-0.3, -0.25) is 0 Å². The van der Waals surface area contributed by atoms with E-state index in [9.17, 15) is 0 Å². The van der Waals surface area contributed by atoms with Crippen LogP contribution in [-0.4, -0.2) is 19.8 Å². The van der Waals surface area contributed by atoms with Gasteiger partial charge in [0, 0.05) is 25.5 Å². The molecule has 0 saturated heterocycles. The molecular weight excluding hydrogens is 178 g/mol. The van der Waals surface area contributed by atoms with Gasteiger partial charge in [-0.15, -0.1) is 0 Å². The Bertz CT molecular complexity index is 292. The van der Waals surface area contributed by atoms with Crippen LogP contribution in [0, 0.1) is 0 Å². The SMILES string of the molecule is CN(C)c1cccc(C=CCS)c1. The van der Waals surface area contributed by atoms with Crippen LogP contribution in [-0.2, 0) is 0 Å². The lowest BCUT2D eigenvalue weighted by atomic mass is 10.2. The highest BCUT2D eigenvalue weighted by molar-refractivity contribution is 7.80. The molecule has 0 aliphatic rings. The summed E-state index contributed by atoms with van der Waals surface area (Å²) in [7, 11) is 4.09. The monoisotopic (exact) mass is 193 g/mol. The van der Waals surface area contributed by atoms with Crippen LogP contribution in [0.25, 0.3) is 6.08 Å². The lowest BCUT2D eigenvalue weighted by Crippen LogP contribution is -2.08. The molecule has 13 heavy (non-hydrogen) atoms. The van der Waals surface area contributed by atoms with Gasteiger partial charge in [0.05, 0.1) is 0 Å². The molecule has 0 bridgehead atoms. The van der Waals surface area contributed by atoms with Crippen molar-refractivity contribution >= 4 is 24.4 Å². The molecule has 0 unspecified atom stereocenters. The van der Waals surface area contributed by atoms with Gasteiger partial charge in [-0.25, -0.2) is 0 Å². The maximum atomic E-state index is 4.12. The number of hydrogen-bond donors (Lipinski definition) is 1. The van der Waals surface area contributed by atoms with E-state index in [1.54, 1.807) is 0 Å². The van der Waals surface area contributed by atoms with Crippen LogP contribution < -0.4 is 4.90 Å². The molecule has 0 fully saturated rings. The molecule has 0 aliphatic carbocycles. The minimum atomic E-state index is 0.784. The molecule has 0 radical (unpaired) electrons. The van der Waals surface area contributed by atoms with E-state index in [-0.39, 0.29) is 0 Å². The van der Waals surface area contributed by atoms with Crippen LogP contribution in [0.3, 0.4) is 0 Å². The van der Waals surface area contributed by atoms with E-state index in [1.807, 2.05) is 20.2 Å². The van der Waals surface area contributed by atoms with Crippen molar-refractivity contribution in [3.63, 3.8) is 0 Å². The normalized spacial score (nSPS) is 10.7. The second-order valence-electron chi connectivity index (χ2n) is 3.07. The van der Waals surface area contributed by atoms with E-state index in [2.05, 4.69) is 47.9 Å². The molecule has 0 spiro atoms. The summed E-state index contributed by atoms with van der Waals surface area (Å²) in [6.07, 6.45) is 4.12. The van der Waals surface area contributed by atoms with Crippen LogP contribution in [0.15, 0.2) is 30.3 Å². The molecule has 1 aromatic carbocycles. The van der Waals surface area contributed by atoms with Crippen molar-refractivity contribution in [2.24, 2.45) is 0 Å². The molecule has 1 aromatic rings. The third kappa shape index (κ3) is 3.15. The molecule has 0 aromatic heterocycles. The highest BCUT2D eigenvalue weighted by Gasteiger charge is 1.93. The van der Waals surface area contributed by atoms with E-state index >= 15 is 0 Å². The van der Waals surface area contributed by atoms with Gasteiger partial charge in [0.15, 0.2) is 0 Å². The standard InChI is InChI=1S/C11H15NS/c1-12(2)11-7-3-5-10(9-11)6-4-8-13/h3-7,9,13H,8H2,1-2H3. The third-order valence-corrected chi connectivity index (χ3v) is 2.01. The molecular formula is C11H15NS. The molecule has 0 heterocycles. The van der Waals surface area contributed by atoms with Crippen LogP contribution in [0.4, 0.5) is 5.69 Å². The minimum Gasteiger partial charge on any atom is -0.378 e. The minimum absolute atomic E-state index is 0.784. The predicted molar refractivity (Wildman–Crippen MR) is 63.7 cm³/mol. The van der Waals surface area contributed by atoms with Gasteiger partial charge in [0.1, 0.15) is 0 Å². The zero-order valence-electron chi connectivity index (χ0n) is 8.07. The Balaban J connectivity index is 2.85. The maximum absolute atomic E-state index is 4.12. The first-order valence-corrected chi connectivity index (χ1v) is 4.92. The molecule has 70 valence electrons. The first kappa shape index (κ1) is 10.2. The summed E-state index contributed by atoms with van der Waals surface area (Å²) in [5.74, 6) is 0.784. The lowest BCUT2D eigenvalue weighted by molar-refractivity contribution is 1.13. The van der Waals surface area contributed by atoms with Crippen molar-refractivity contribution in [2.75, 3.05) is 24.7 Å². The van der Waals surface area contributed by atoms with E-state index in [0.717, 1.165) is 5.75 Å². The maximum Gasteiger partial charge on any atom is 0.0367 e. The second-order valence-corrected chi connectivity index (χ2v) is 3.44. The van der Waals surface area contributed by atoms with Gasteiger partial charge in [-0.2, -0.15) is 12.6 Å². The molecule has 0 amide bonds. The van der Waals surface area contributed by atoms with Crippen LogP contribution in [0.5, 0.6) is 0 Å². The first-order valence-electron chi connectivity index (χ1n) is 4.29. The predicted octanol–water partition coefficient (Wildman–Crippen LogP) is 2.70. The average molecular weight is 193 g/mol. The average Bonchev–Trinajstić information content (AvgIpc) is 2.15. The van der Waals surface area contributed by atoms with E-state index in [0.29, 0.717) is 0 Å². The van der Waals surface area contributed by atoms with Gasteiger partial charge in [-0.05, 0) is 17.7 Å². The fourth-order valence-corrected chi connectivity index (χ4v) is 1.20. The zero-order valence-corrected chi connectivity index (χ0v) is 8.96. The van der Waals surface area contributed by atoms with Crippen LogP contribution in [0.1, 0.15) is 5.56 Å². The zero-order chi connectivity index (χ0) is 9.68. The van der Waals surface area contributed by atoms with Crippen molar-refractivity contribution in [1.29, 1.82) is 0 Å². The van der Waals surface area contributed by atoms with Gasteiger partial charge < -0.3 is 4.90 Å². The largest absolute Gasteiger partial charge is 0.378 e. The summed E-state index contributed by atoms with van der Waals surface area (Å²) in [5.41, 5.74) is 2.45. The number of benzene rings is 1. The van der Waals surface area contributed by atoms with E-state index in [4.69, 9.17) is 0 Å². The molecule has 1 nitrogen and oxygen atoms in total. The summed E-state index contributed by atoms with van der Waals surface area (Å²) in [4.78, 5) is 2.10. The topological polar surface area (TPSA) is 3.24 Å². The Labute approximate surface area is 85.5 Å². The van der Waals surface area contributed by atoms with Crippen LogP contribution in [0.2, 0.25) is 0 Å². The molecule has 0 N–H and O–H groups in total. The van der Waals surface area contributed by atoms with Crippen molar-refractivity contribution in [3.05, 3.63) is 35.9 Å². The van der Waals surface area contributed by atoms with E-state index < -0.39 is 0 Å². The highest BCUT2D eigenvalue weighted by atomic mass is 32.1. The van der Waals surface area contributed by atoms with E-state index in [1.165, 1.54) is 11.3 Å². The number of nitrogens with zero attached hydrogens (tertiary/aromatic N) is 1. The summed E-state index contributed by atoms with van der Waals surface area (Å²) in [6, 6.07) is 8.40. The van der Waals surface area contributed by atoms with Crippen molar-refractivity contribution in [1.82, 2.24) is 0 Å². The van der Waals surface area contributed by atoms with Crippen molar-refractivity contribution in [2.45, 2.75) is 0 Å². The van der Waals surface area contributed by atoms with Gasteiger partial charge in [0.25, 0.3) is 0 Å². The first-order chi connectivity index (χ1) is 6.24. The Morgan fingerprint density at radius 2 is 2.15 bits per heavy atom. The number of thiol groups is 1. The van der Waals surface area contributed by atoms with Crippen molar-refractivity contribution in [3.8, 4) is 0 Å². The summed E-state index contributed by atoms with van der Waals surface area (Å²) in [5, 5.41) is 0. The number of rotatable bonds is 3. The third-order valence-electron chi connectivity index (χ3n) is 1.80. The van der Waals surface area contributed by atoms with Crippen molar-refractivity contribution < 1.29 is 0 Å². The highest BCUT2D eigenvalue weighted by Crippen LogP contribution is 2.14. The number of hydrogen-bond acceptors (Lipinski definition) is 2. The Morgan fingerprint density at radius 3 is 2.77 bits per heavy atom. The quantitative estimate of drug-likeness (QED) is 0.722. The summed E-state index contributed by atoms with van der Waals surface area (Å²) in [6.45, 7) is 0. The Hall–Kier alpha value is -0.890. The molecule has 1 rings (SSSR count). The Kier molecular flexibility index (Phi) is 3.90.